The minimum Gasteiger partial charge on any atom is -0.434 e. The van der Waals surface area contributed by atoms with Crippen LogP contribution in [0.4, 0.5) is 8.78 Å². The van der Waals surface area contributed by atoms with E-state index in [1.165, 1.54) is 19.3 Å². The van der Waals surface area contributed by atoms with Crippen LogP contribution in [0, 0.1) is 0 Å². The lowest BCUT2D eigenvalue weighted by atomic mass is 9.96. The van der Waals surface area contributed by atoms with Gasteiger partial charge in [0, 0.05) is 25.2 Å². The van der Waals surface area contributed by atoms with Crippen LogP contribution >= 0.6 is 24.0 Å². The predicted molar refractivity (Wildman–Crippen MR) is 98.7 cm³/mol. The van der Waals surface area contributed by atoms with Crippen LogP contribution in [-0.4, -0.2) is 25.7 Å². The van der Waals surface area contributed by atoms with E-state index < -0.39 is 6.61 Å². The van der Waals surface area contributed by atoms with Crippen molar-refractivity contribution in [1.29, 1.82) is 0 Å². The first-order valence-corrected chi connectivity index (χ1v) is 7.69. The standard InChI is InChI=1S/C16H23F2N3O.HI/c1-19-16(21-13-8-3-2-4-9-13)20-11-12-7-5-6-10-14(12)22-15(17)18;/h5-7,10,13,15H,2-4,8-9,11H2,1H3,(H2,19,20,21);1H. The van der Waals surface area contributed by atoms with Gasteiger partial charge >= 0.3 is 6.61 Å². The number of alkyl halides is 2. The van der Waals surface area contributed by atoms with Crippen LogP contribution in [0.3, 0.4) is 0 Å². The first-order chi connectivity index (χ1) is 10.7. The highest BCUT2D eigenvalue weighted by Gasteiger charge is 2.15. The molecule has 1 saturated carbocycles. The predicted octanol–water partition coefficient (Wildman–Crippen LogP) is 3.90. The molecule has 0 saturated heterocycles. The topological polar surface area (TPSA) is 45.7 Å². The van der Waals surface area contributed by atoms with E-state index in [1.807, 2.05) is 0 Å². The van der Waals surface area contributed by atoms with Crippen LogP contribution in [0.15, 0.2) is 29.3 Å². The molecule has 0 amide bonds. The molecule has 0 aliphatic heterocycles. The zero-order valence-electron chi connectivity index (χ0n) is 13.2. The largest absolute Gasteiger partial charge is 0.434 e. The molecule has 0 radical (unpaired) electrons. The lowest BCUT2D eigenvalue weighted by Gasteiger charge is -2.25. The number of halogens is 3. The molecule has 0 unspecified atom stereocenters. The summed E-state index contributed by atoms with van der Waals surface area (Å²) in [6.07, 6.45) is 6.06. The number of benzene rings is 1. The molecule has 1 fully saturated rings. The van der Waals surface area contributed by atoms with E-state index in [-0.39, 0.29) is 29.7 Å². The van der Waals surface area contributed by atoms with Crippen LogP contribution in [0.25, 0.3) is 0 Å². The number of hydrogen-bond acceptors (Lipinski definition) is 2. The molecular weight excluding hydrogens is 415 g/mol. The maximum absolute atomic E-state index is 12.4. The summed E-state index contributed by atoms with van der Waals surface area (Å²) in [7, 11) is 1.71. The molecule has 0 atom stereocenters. The van der Waals surface area contributed by atoms with Crippen molar-refractivity contribution in [1.82, 2.24) is 10.6 Å². The Morgan fingerprint density at radius 2 is 1.96 bits per heavy atom. The zero-order valence-corrected chi connectivity index (χ0v) is 15.6. The number of nitrogens with zero attached hydrogens (tertiary/aromatic N) is 1. The second kappa shape index (κ2) is 10.6. The maximum Gasteiger partial charge on any atom is 0.387 e. The molecule has 0 aromatic heterocycles. The number of para-hydroxylation sites is 1. The average molecular weight is 439 g/mol. The van der Waals surface area contributed by atoms with Crippen molar-refractivity contribution >= 4 is 29.9 Å². The third-order valence-electron chi connectivity index (χ3n) is 3.80. The first kappa shape index (κ1) is 19.9. The molecule has 2 N–H and O–H groups in total. The normalized spacial score (nSPS) is 15.9. The highest BCUT2D eigenvalue weighted by molar-refractivity contribution is 14.0. The number of guanidine groups is 1. The van der Waals surface area contributed by atoms with Crippen LogP contribution < -0.4 is 15.4 Å². The van der Waals surface area contributed by atoms with Crippen molar-refractivity contribution in [3.8, 4) is 5.75 Å². The molecular formula is C16H24F2IN3O. The van der Waals surface area contributed by atoms with Crippen LogP contribution in [0.5, 0.6) is 5.75 Å². The summed E-state index contributed by atoms with van der Waals surface area (Å²) in [6, 6.07) is 7.22. The molecule has 1 aliphatic carbocycles. The number of nitrogens with one attached hydrogen (secondary N) is 2. The lowest BCUT2D eigenvalue weighted by molar-refractivity contribution is -0.0504. The van der Waals surface area contributed by atoms with Crippen molar-refractivity contribution < 1.29 is 13.5 Å². The Morgan fingerprint density at radius 1 is 1.26 bits per heavy atom. The smallest absolute Gasteiger partial charge is 0.387 e. The Hall–Kier alpha value is -1.12. The number of aliphatic imine (C=N–C) groups is 1. The van der Waals surface area contributed by atoms with E-state index in [4.69, 9.17) is 0 Å². The van der Waals surface area contributed by atoms with Crippen LogP contribution in [0.1, 0.15) is 37.7 Å². The van der Waals surface area contributed by atoms with E-state index >= 15 is 0 Å². The number of ether oxygens (including phenoxy) is 1. The summed E-state index contributed by atoms with van der Waals surface area (Å²) >= 11 is 0. The lowest BCUT2D eigenvalue weighted by Crippen LogP contribution is -2.43. The van der Waals surface area contributed by atoms with Gasteiger partial charge in [-0.1, -0.05) is 37.5 Å². The van der Waals surface area contributed by atoms with Gasteiger partial charge in [-0.2, -0.15) is 8.78 Å². The van der Waals surface area contributed by atoms with Gasteiger partial charge in [0.1, 0.15) is 5.75 Å². The summed E-state index contributed by atoms with van der Waals surface area (Å²) in [5.74, 6) is 0.886. The van der Waals surface area contributed by atoms with Gasteiger partial charge in [0.2, 0.25) is 0 Å². The molecule has 23 heavy (non-hydrogen) atoms. The van der Waals surface area contributed by atoms with E-state index in [1.54, 1.807) is 31.3 Å². The highest BCUT2D eigenvalue weighted by atomic mass is 127. The van der Waals surface area contributed by atoms with Gasteiger partial charge in [0.15, 0.2) is 5.96 Å². The van der Waals surface area contributed by atoms with E-state index in [0.717, 1.165) is 12.8 Å². The summed E-state index contributed by atoms with van der Waals surface area (Å²) in [4.78, 5) is 4.19. The Bertz CT molecular complexity index is 494. The van der Waals surface area contributed by atoms with Crippen molar-refractivity contribution in [2.75, 3.05) is 7.05 Å². The Balaban J connectivity index is 0.00000264. The average Bonchev–Trinajstić information content (AvgIpc) is 2.53. The highest BCUT2D eigenvalue weighted by Crippen LogP contribution is 2.20. The molecule has 1 aliphatic rings. The summed E-state index contributed by atoms with van der Waals surface area (Å²) in [5.41, 5.74) is 0.675. The van der Waals surface area contributed by atoms with E-state index in [0.29, 0.717) is 24.1 Å². The van der Waals surface area contributed by atoms with Gasteiger partial charge in [0.25, 0.3) is 0 Å². The molecule has 0 heterocycles. The SMILES string of the molecule is CN=C(NCc1ccccc1OC(F)F)NC1CCCCC1.I. The third kappa shape index (κ3) is 6.88. The second-order valence-corrected chi connectivity index (χ2v) is 5.39. The summed E-state index contributed by atoms with van der Waals surface area (Å²) < 4.78 is 29.3. The van der Waals surface area contributed by atoms with Gasteiger partial charge in [-0.25, -0.2) is 0 Å². The Morgan fingerprint density at radius 3 is 2.61 bits per heavy atom. The minimum absolute atomic E-state index is 0. The van der Waals surface area contributed by atoms with Crippen molar-refractivity contribution in [3.63, 3.8) is 0 Å². The Kier molecular flexibility index (Phi) is 9.20. The molecule has 7 heteroatoms. The van der Waals surface area contributed by atoms with Crippen molar-refractivity contribution in [2.45, 2.75) is 51.3 Å². The molecule has 1 aromatic rings. The fourth-order valence-electron chi connectivity index (χ4n) is 2.67. The van der Waals surface area contributed by atoms with Gasteiger partial charge in [0.05, 0.1) is 0 Å². The first-order valence-electron chi connectivity index (χ1n) is 7.69. The van der Waals surface area contributed by atoms with Crippen LogP contribution in [0.2, 0.25) is 0 Å². The third-order valence-corrected chi connectivity index (χ3v) is 3.80. The fraction of sp³-hybridized carbons (Fsp3) is 0.562. The van der Waals surface area contributed by atoms with E-state index in [9.17, 15) is 8.78 Å². The molecule has 0 bridgehead atoms. The minimum atomic E-state index is -2.82. The quantitative estimate of drug-likeness (QED) is 0.416. The fourth-order valence-corrected chi connectivity index (χ4v) is 2.67. The van der Waals surface area contributed by atoms with Crippen LogP contribution in [-0.2, 0) is 6.54 Å². The monoisotopic (exact) mass is 439 g/mol. The van der Waals surface area contributed by atoms with Crippen molar-refractivity contribution in [2.24, 2.45) is 4.99 Å². The maximum atomic E-state index is 12.4. The van der Waals surface area contributed by atoms with Gasteiger partial charge in [-0.3, -0.25) is 4.99 Å². The Labute approximate surface area is 153 Å². The van der Waals surface area contributed by atoms with E-state index in [2.05, 4.69) is 20.4 Å². The summed E-state index contributed by atoms with van der Waals surface area (Å²) in [5, 5.41) is 6.55. The molecule has 1 aromatic carbocycles. The number of hydrogen-bond donors (Lipinski definition) is 2. The molecule has 130 valence electrons. The molecule has 0 spiro atoms. The summed E-state index contributed by atoms with van der Waals surface area (Å²) in [6.45, 7) is -2.43. The molecule has 4 nitrogen and oxygen atoms in total. The van der Waals surface area contributed by atoms with Gasteiger partial charge in [-0.05, 0) is 18.9 Å². The zero-order chi connectivity index (χ0) is 15.8. The van der Waals surface area contributed by atoms with Gasteiger partial charge < -0.3 is 15.4 Å². The van der Waals surface area contributed by atoms with Gasteiger partial charge in [-0.15, -0.1) is 24.0 Å². The number of rotatable bonds is 5. The van der Waals surface area contributed by atoms with Crippen molar-refractivity contribution in [3.05, 3.63) is 29.8 Å². The second-order valence-electron chi connectivity index (χ2n) is 5.39. The molecule has 2 rings (SSSR count).